The summed E-state index contributed by atoms with van der Waals surface area (Å²) in [5.41, 5.74) is 8.84. The first-order valence-corrected chi connectivity index (χ1v) is 6.07. The fourth-order valence-corrected chi connectivity index (χ4v) is 3.08. The SMILES string of the molecule is CC(N)CC1c2ccccc2N2C=CCC12. The average molecular weight is 214 g/mol. The van der Waals surface area contributed by atoms with Gasteiger partial charge in [0.15, 0.2) is 0 Å². The van der Waals surface area contributed by atoms with Gasteiger partial charge in [0.1, 0.15) is 0 Å². The van der Waals surface area contributed by atoms with Crippen molar-refractivity contribution in [1.29, 1.82) is 0 Å². The van der Waals surface area contributed by atoms with Gasteiger partial charge in [-0.2, -0.15) is 0 Å². The van der Waals surface area contributed by atoms with Crippen LogP contribution in [0.15, 0.2) is 36.5 Å². The Morgan fingerprint density at radius 1 is 1.44 bits per heavy atom. The summed E-state index contributed by atoms with van der Waals surface area (Å²) in [7, 11) is 0. The lowest BCUT2D eigenvalue weighted by molar-refractivity contribution is 0.496. The lowest BCUT2D eigenvalue weighted by atomic mass is 9.88. The number of fused-ring (bicyclic) bond motifs is 3. The van der Waals surface area contributed by atoms with Crippen molar-refractivity contribution in [3.8, 4) is 0 Å². The molecule has 0 amide bonds. The first-order valence-electron chi connectivity index (χ1n) is 6.07. The van der Waals surface area contributed by atoms with Crippen LogP contribution in [0.25, 0.3) is 0 Å². The van der Waals surface area contributed by atoms with E-state index in [-0.39, 0.29) is 6.04 Å². The highest BCUT2D eigenvalue weighted by atomic mass is 15.2. The Labute approximate surface area is 96.7 Å². The summed E-state index contributed by atoms with van der Waals surface area (Å²) < 4.78 is 0. The van der Waals surface area contributed by atoms with E-state index in [0.29, 0.717) is 12.0 Å². The topological polar surface area (TPSA) is 29.3 Å². The molecule has 2 N–H and O–H groups in total. The Hall–Kier alpha value is -1.28. The molecule has 16 heavy (non-hydrogen) atoms. The van der Waals surface area contributed by atoms with Crippen molar-refractivity contribution < 1.29 is 0 Å². The van der Waals surface area contributed by atoms with Crippen LogP contribution in [0.3, 0.4) is 0 Å². The largest absolute Gasteiger partial charge is 0.344 e. The van der Waals surface area contributed by atoms with Crippen molar-refractivity contribution in [1.82, 2.24) is 0 Å². The zero-order chi connectivity index (χ0) is 11.1. The first kappa shape index (κ1) is 9.91. The number of nitrogens with two attached hydrogens (primary N) is 1. The van der Waals surface area contributed by atoms with Crippen LogP contribution in [0.4, 0.5) is 5.69 Å². The maximum atomic E-state index is 5.97. The molecular formula is C14H18N2. The summed E-state index contributed by atoms with van der Waals surface area (Å²) in [4.78, 5) is 2.42. The third-order valence-corrected chi connectivity index (χ3v) is 3.71. The third-order valence-electron chi connectivity index (χ3n) is 3.71. The van der Waals surface area contributed by atoms with E-state index >= 15 is 0 Å². The second-order valence-corrected chi connectivity index (χ2v) is 4.97. The molecule has 0 bridgehead atoms. The Bertz CT molecular complexity index is 422. The maximum absolute atomic E-state index is 5.97. The Morgan fingerprint density at radius 3 is 3.06 bits per heavy atom. The summed E-state index contributed by atoms with van der Waals surface area (Å²) in [6, 6.07) is 9.63. The molecule has 0 aliphatic carbocycles. The minimum Gasteiger partial charge on any atom is -0.344 e. The van der Waals surface area contributed by atoms with E-state index in [1.165, 1.54) is 11.3 Å². The Morgan fingerprint density at radius 2 is 2.25 bits per heavy atom. The normalized spacial score (nSPS) is 28.0. The van der Waals surface area contributed by atoms with E-state index in [9.17, 15) is 0 Å². The van der Waals surface area contributed by atoms with E-state index in [1.54, 1.807) is 0 Å². The summed E-state index contributed by atoms with van der Waals surface area (Å²) in [6.07, 6.45) is 6.74. The van der Waals surface area contributed by atoms with Crippen molar-refractivity contribution in [3.63, 3.8) is 0 Å². The molecule has 2 heteroatoms. The number of para-hydroxylation sites is 1. The van der Waals surface area contributed by atoms with E-state index in [1.807, 2.05) is 0 Å². The zero-order valence-electron chi connectivity index (χ0n) is 9.63. The fourth-order valence-electron chi connectivity index (χ4n) is 3.08. The van der Waals surface area contributed by atoms with Crippen LogP contribution in [-0.2, 0) is 0 Å². The number of hydrogen-bond donors (Lipinski definition) is 1. The van der Waals surface area contributed by atoms with Gasteiger partial charge in [0.05, 0.1) is 0 Å². The standard InChI is InChI=1S/C14H18N2/c1-10(15)9-12-11-5-2-3-6-13(11)16-8-4-7-14(12)16/h2-6,8,10,12,14H,7,9,15H2,1H3. The smallest absolute Gasteiger partial charge is 0.0445 e. The molecule has 2 aliphatic heterocycles. The molecule has 3 atom stereocenters. The van der Waals surface area contributed by atoms with Crippen LogP contribution in [0, 0.1) is 0 Å². The molecule has 2 heterocycles. The predicted octanol–water partition coefficient (Wildman–Crippen LogP) is 2.61. The lowest BCUT2D eigenvalue weighted by Crippen LogP contribution is -2.29. The van der Waals surface area contributed by atoms with Gasteiger partial charge in [0, 0.05) is 29.9 Å². The molecule has 0 aromatic heterocycles. The molecule has 2 aliphatic rings. The Balaban J connectivity index is 2.00. The monoisotopic (exact) mass is 214 g/mol. The van der Waals surface area contributed by atoms with Gasteiger partial charge in [-0.05, 0) is 31.4 Å². The van der Waals surface area contributed by atoms with Crippen molar-refractivity contribution in [2.24, 2.45) is 5.73 Å². The molecule has 0 radical (unpaired) electrons. The first-order chi connectivity index (χ1) is 7.77. The summed E-state index contributed by atoms with van der Waals surface area (Å²) in [6.45, 7) is 2.10. The molecule has 0 saturated heterocycles. The van der Waals surface area contributed by atoms with Gasteiger partial charge >= 0.3 is 0 Å². The molecule has 3 unspecified atom stereocenters. The summed E-state index contributed by atoms with van der Waals surface area (Å²) in [5.74, 6) is 0.603. The number of benzene rings is 1. The van der Waals surface area contributed by atoms with E-state index in [4.69, 9.17) is 5.73 Å². The molecule has 2 nitrogen and oxygen atoms in total. The van der Waals surface area contributed by atoms with Gasteiger partial charge in [-0.1, -0.05) is 24.3 Å². The molecule has 1 aromatic rings. The van der Waals surface area contributed by atoms with E-state index < -0.39 is 0 Å². The number of nitrogens with zero attached hydrogens (tertiary/aromatic N) is 1. The van der Waals surface area contributed by atoms with Gasteiger partial charge in [-0.3, -0.25) is 0 Å². The van der Waals surface area contributed by atoms with Crippen molar-refractivity contribution in [2.45, 2.75) is 37.8 Å². The summed E-state index contributed by atoms with van der Waals surface area (Å²) in [5, 5.41) is 0. The minimum absolute atomic E-state index is 0.276. The highest BCUT2D eigenvalue weighted by Crippen LogP contribution is 2.46. The van der Waals surface area contributed by atoms with Crippen LogP contribution in [0.1, 0.15) is 31.2 Å². The van der Waals surface area contributed by atoms with Gasteiger partial charge in [-0.15, -0.1) is 0 Å². The number of anilines is 1. The molecule has 0 spiro atoms. The van der Waals surface area contributed by atoms with Gasteiger partial charge in [0.2, 0.25) is 0 Å². The van der Waals surface area contributed by atoms with Crippen molar-refractivity contribution in [3.05, 3.63) is 42.1 Å². The molecule has 84 valence electrons. The molecular weight excluding hydrogens is 196 g/mol. The minimum atomic E-state index is 0.276. The van der Waals surface area contributed by atoms with E-state index in [0.717, 1.165) is 12.8 Å². The lowest BCUT2D eigenvalue weighted by Gasteiger charge is -2.23. The van der Waals surface area contributed by atoms with Crippen LogP contribution in [0.2, 0.25) is 0 Å². The van der Waals surface area contributed by atoms with Crippen LogP contribution in [0.5, 0.6) is 0 Å². The second-order valence-electron chi connectivity index (χ2n) is 4.97. The van der Waals surface area contributed by atoms with Crippen LogP contribution < -0.4 is 10.6 Å². The zero-order valence-corrected chi connectivity index (χ0v) is 9.63. The molecule has 0 fully saturated rings. The third kappa shape index (κ3) is 1.37. The van der Waals surface area contributed by atoms with Crippen LogP contribution >= 0.6 is 0 Å². The van der Waals surface area contributed by atoms with Crippen molar-refractivity contribution >= 4 is 5.69 Å². The quantitative estimate of drug-likeness (QED) is 0.820. The highest BCUT2D eigenvalue weighted by Gasteiger charge is 2.38. The maximum Gasteiger partial charge on any atom is 0.0445 e. The van der Waals surface area contributed by atoms with Gasteiger partial charge in [-0.25, -0.2) is 0 Å². The molecule has 3 rings (SSSR count). The second kappa shape index (κ2) is 3.63. The average Bonchev–Trinajstić information content (AvgIpc) is 2.82. The number of rotatable bonds is 2. The number of hydrogen-bond acceptors (Lipinski definition) is 2. The van der Waals surface area contributed by atoms with Gasteiger partial charge in [0.25, 0.3) is 0 Å². The predicted molar refractivity (Wildman–Crippen MR) is 67.5 cm³/mol. The molecule has 0 saturated carbocycles. The Kier molecular flexibility index (Phi) is 2.25. The molecule has 1 aromatic carbocycles. The van der Waals surface area contributed by atoms with Gasteiger partial charge < -0.3 is 10.6 Å². The summed E-state index contributed by atoms with van der Waals surface area (Å²) >= 11 is 0. The fraction of sp³-hybridized carbons (Fsp3) is 0.429. The van der Waals surface area contributed by atoms with Crippen LogP contribution in [-0.4, -0.2) is 12.1 Å². The van der Waals surface area contributed by atoms with E-state index in [2.05, 4.69) is 48.4 Å². The highest BCUT2D eigenvalue weighted by molar-refractivity contribution is 5.65. The van der Waals surface area contributed by atoms with Crippen molar-refractivity contribution in [2.75, 3.05) is 4.90 Å².